The summed E-state index contributed by atoms with van der Waals surface area (Å²) in [6.07, 6.45) is 13.4. The van der Waals surface area contributed by atoms with Gasteiger partial charge in [-0.3, -0.25) is 9.59 Å². The van der Waals surface area contributed by atoms with Crippen molar-refractivity contribution in [2.45, 2.75) is 110 Å². The van der Waals surface area contributed by atoms with Crippen molar-refractivity contribution in [2.24, 2.45) is 11.8 Å². The second-order valence-electron chi connectivity index (χ2n) is 14.8. The van der Waals surface area contributed by atoms with Crippen molar-refractivity contribution >= 4 is 23.6 Å². The summed E-state index contributed by atoms with van der Waals surface area (Å²) in [5.74, 6) is -2.28. The minimum atomic E-state index is -1.63. The number of ketones is 2. The van der Waals surface area contributed by atoms with Crippen LogP contribution in [0.25, 0.3) is 6.08 Å². The van der Waals surface area contributed by atoms with Crippen molar-refractivity contribution in [3.05, 3.63) is 69.4 Å². The number of phenols is 1. The van der Waals surface area contributed by atoms with Gasteiger partial charge in [-0.25, -0.2) is 4.79 Å². The second-order valence-corrected chi connectivity index (χ2v) is 14.8. The molecule has 1 saturated carbocycles. The molecule has 8 nitrogen and oxygen atoms in total. The van der Waals surface area contributed by atoms with E-state index >= 15 is 0 Å². The second kappa shape index (κ2) is 10.6. The average Bonchev–Trinajstić information content (AvgIpc) is 3.12. The molecule has 0 radical (unpaired) electrons. The van der Waals surface area contributed by atoms with Crippen LogP contribution in [0.2, 0.25) is 0 Å². The highest BCUT2D eigenvalue weighted by Gasteiger charge is 2.81. The minimum absolute atomic E-state index is 0.0544. The molecule has 2 fully saturated rings. The van der Waals surface area contributed by atoms with E-state index in [2.05, 4.69) is 19.9 Å². The number of carbonyl (C=O) groups excluding carboxylic acids is 2. The van der Waals surface area contributed by atoms with Crippen LogP contribution in [0.3, 0.4) is 0 Å². The van der Waals surface area contributed by atoms with Gasteiger partial charge in [-0.05, 0) is 93.2 Å². The lowest BCUT2D eigenvalue weighted by molar-refractivity contribution is -0.171. The molecule has 8 heteroatoms. The molecule has 4 bridgehead atoms. The molecule has 0 unspecified atom stereocenters. The maximum Gasteiger partial charge on any atom is 0.330 e. The number of carbonyl (C=O) groups is 3. The van der Waals surface area contributed by atoms with E-state index < -0.39 is 40.1 Å². The smallest absolute Gasteiger partial charge is 0.330 e. The maximum atomic E-state index is 14.7. The summed E-state index contributed by atoms with van der Waals surface area (Å²) in [5, 5.41) is 21.4. The van der Waals surface area contributed by atoms with Gasteiger partial charge in [0.1, 0.15) is 28.4 Å². The summed E-state index contributed by atoms with van der Waals surface area (Å²) in [6, 6.07) is 0. The number of benzene rings is 1. The van der Waals surface area contributed by atoms with E-state index in [1.165, 1.54) is 18.6 Å². The highest BCUT2D eigenvalue weighted by molar-refractivity contribution is 6.19. The summed E-state index contributed by atoms with van der Waals surface area (Å²) in [5.41, 5.74) is -0.952. The molecule has 0 amide bonds. The molecule has 7 rings (SSSR count). The molecule has 1 aromatic rings. The monoisotopic (exact) mass is 628 g/mol. The SMILES string of the molecule is CC(C)=CCC[C@@]1(C)C=Cc2c(O)c3c(c(CC=C(C)C)c2O1)O[C@@]12C(=C[C@H]4C[C@@H]1C(C)(C)O[C@]2(C/C=C(/C)C(=O)O)C4=O)C3=O. The van der Waals surface area contributed by atoms with Crippen LogP contribution in [0.1, 0.15) is 103 Å². The number of carboxylic acids is 1. The van der Waals surface area contributed by atoms with Crippen LogP contribution in [0, 0.1) is 11.8 Å². The Morgan fingerprint density at radius 2 is 1.70 bits per heavy atom. The Kier molecular flexibility index (Phi) is 7.36. The summed E-state index contributed by atoms with van der Waals surface area (Å²) in [6.45, 7) is 15.4. The molecular formula is C38H44O8. The number of phenolic OH excluding ortho intramolecular Hbond substituents is 1. The molecule has 3 aliphatic heterocycles. The molecule has 2 N–H and O–H groups in total. The quantitative estimate of drug-likeness (QED) is 0.228. The van der Waals surface area contributed by atoms with Crippen molar-refractivity contribution in [1.29, 1.82) is 0 Å². The number of aromatic hydroxyl groups is 1. The van der Waals surface area contributed by atoms with Crippen molar-refractivity contribution in [3.63, 3.8) is 0 Å². The fraction of sp³-hybridized carbons (Fsp3) is 0.500. The fourth-order valence-corrected chi connectivity index (χ4v) is 8.17. The third-order valence-corrected chi connectivity index (χ3v) is 10.5. The maximum absolute atomic E-state index is 14.7. The molecular weight excluding hydrogens is 584 g/mol. The van der Waals surface area contributed by atoms with Crippen LogP contribution >= 0.6 is 0 Å². The first-order chi connectivity index (χ1) is 21.5. The molecule has 3 heterocycles. The van der Waals surface area contributed by atoms with Gasteiger partial charge in [0.25, 0.3) is 0 Å². The van der Waals surface area contributed by atoms with Crippen molar-refractivity contribution < 1.29 is 38.8 Å². The lowest BCUT2D eigenvalue weighted by Crippen LogP contribution is -2.72. The lowest BCUT2D eigenvalue weighted by Gasteiger charge is -2.56. The predicted octanol–water partition coefficient (Wildman–Crippen LogP) is 7.24. The van der Waals surface area contributed by atoms with Gasteiger partial charge in [0.05, 0.1) is 11.2 Å². The van der Waals surface area contributed by atoms with Gasteiger partial charge in [0.2, 0.25) is 0 Å². The number of hydrogen-bond donors (Lipinski definition) is 2. The van der Waals surface area contributed by atoms with Gasteiger partial charge in [0, 0.05) is 35.0 Å². The van der Waals surface area contributed by atoms with E-state index in [4.69, 9.17) is 14.2 Å². The fourth-order valence-electron chi connectivity index (χ4n) is 8.17. The summed E-state index contributed by atoms with van der Waals surface area (Å²) < 4.78 is 20.6. The number of fused-ring (bicyclic) bond motifs is 2. The van der Waals surface area contributed by atoms with Crippen LogP contribution in [0.5, 0.6) is 17.2 Å². The number of aliphatic carboxylic acids is 1. The summed E-state index contributed by atoms with van der Waals surface area (Å²) in [7, 11) is 0. The lowest BCUT2D eigenvalue weighted by atomic mass is 9.51. The third kappa shape index (κ3) is 4.47. The van der Waals surface area contributed by atoms with Crippen LogP contribution in [0.15, 0.2) is 52.7 Å². The van der Waals surface area contributed by atoms with Gasteiger partial charge in [-0.1, -0.05) is 35.5 Å². The zero-order valence-corrected chi connectivity index (χ0v) is 28.0. The first kappa shape index (κ1) is 32.0. The van der Waals surface area contributed by atoms with Crippen molar-refractivity contribution in [3.8, 4) is 17.2 Å². The molecule has 6 aliphatic rings. The van der Waals surface area contributed by atoms with E-state index in [0.717, 1.165) is 12.0 Å². The van der Waals surface area contributed by atoms with E-state index in [9.17, 15) is 24.6 Å². The van der Waals surface area contributed by atoms with Gasteiger partial charge in [-0.15, -0.1) is 0 Å². The number of carboxylic acid groups (broad SMARTS) is 1. The van der Waals surface area contributed by atoms with Crippen LogP contribution in [0.4, 0.5) is 0 Å². The van der Waals surface area contributed by atoms with Gasteiger partial charge in [-0.2, -0.15) is 0 Å². The Balaban J connectivity index is 1.59. The molecule has 5 atom stereocenters. The Bertz CT molecular complexity index is 1730. The van der Waals surface area contributed by atoms with Gasteiger partial charge in [0.15, 0.2) is 22.8 Å². The van der Waals surface area contributed by atoms with E-state index in [-0.39, 0.29) is 40.8 Å². The molecule has 1 spiro atoms. The standard InChI is InChI=1S/C38H44O8/c1-20(2)10-9-15-36(8)16-14-24-29(39)28-30(40)26-18-23-19-27-35(6,7)46-37(33(23)41,17-13-22(5)34(42)43)38(26,27)45-32(28)25(31(24)44-36)12-11-21(3)4/h10-11,13-14,16,18,23,27,39H,9,12,15,17,19H2,1-8H3,(H,42,43)/b22-13-/t23-,27+,36-,37+,38-/m0/s1. The first-order valence-electron chi connectivity index (χ1n) is 16.2. The zero-order chi connectivity index (χ0) is 33.6. The number of Topliss-reactive ketones (excluding diaryl/α,β-unsaturated/α-hetero) is 2. The molecule has 1 aromatic carbocycles. The third-order valence-electron chi connectivity index (χ3n) is 10.5. The van der Waals surface area contributed by atoms with Crippen LogP contribution in [-0.4, -0.2) is 50.2 Å². The van der Waals surface area contributed by atoms with Gasteiger partial charge < -0.3 is 24.4 Å². The van der Waals surface area contributed by atoms with Crippen molar-refractivity contribution in [2.75, 3.05) is 0 Å². The Morgan fingerprint density at radius 3 is 2.35 bits per heavy atom. The van der Waals surface area contributed by atoms with Crippen LogP contribution in [-0.2, 0) is 20.7 Å². The van der Waals surface area contributed by atoms with E-state index in [0.29, 0.717) is 41.7 Å². The Morgan fingerprint density at radius 1 is 1.00 bits per heavy atom. The van der Waals surface area contributed by atoms with Crippen molar-refractivity contribution in [1.82, 2.24) is 0 Å². The molecule has 3 aliphatic carbocycles. The number of ether oxygens (including phenoxy) is 3. The highest BCUT2D eigenvalue weighted by Crippen LogP contribution is 2.68. The first-order valence-corrected chi connectivity index (χ1v) is 16.2. The minimum Gasteiger partial charge on any atom is -0.506 e. The van der Waals surface area contributed by atoms with Crippen LogP contribution < -0.4 is 9.47 Å². The van der Waals surface area contributed by atoms with E-state index in [1.54, 1.807) is 6.08 Å². The largest absolute Gasteiger partial charge is 0.506 e. The van der Waals surface area contributed by atoms with Gasteiger partial charge >= 0.3 is 5.97 Å². The molecule has 46 heavy (non-hydrogen) atoms. The Labute approximate surface area is 270 Å². The topological polar surface area (TPSA) is 119 Å². The number of rotatable bonds is 8. The predicted molar refractivity (Wildman–Crippen MR) is 174 cm³/mol. The normalized spacial score (nSPS) is 31.2. The zero-order valence-electron chi connectivity index (χ0n) is 28.0. The molecule has 244 valence electrons. The highest BCUT2D eigenvalue weighted by atomic mass is 16.6. The average molecular weight is 629 g/mol. The number of hydrogen-bond acceptors (Lipinski definition) is 7. The van der Waals surface area contributed by atoms with E-state index in [1.807, 2.05) is 52.8 Å². The summed E-state index contributed by atoms with van der Waals surface area (Å²) >= 11 is 0. The summed E-state index contributed by atoms with van der Waals surface area (Å²) in [4.78, 5) is 40.8. The molecule has 1 saturated heterocycles. The Hall–Kier alpha value is -3.91. The molecule has 0 aromatic heterocycles. The number of allylic oxidation sites excluding steroid dienone is 5.